The van der Waals surface area contributed by atoms with Crippen molar-refractivity contribution in [3.8, 4) is 11.5 Å². The lowest BCUT2D eigenvalue weighted by atomic mass is 10.2. The van der Waals surface area contributed by atoms with Crippen molar-refractivity contribution in [2.45, 2.75) is 4.90 Å². The van der Waals surface area contributed by atoms with Crippen molar-refractivity contribution >= 4 is 38.9 Å². The van der Waals surface area contributed by atoms with Gasteiger partial charge in [-0.3, -0.25) is 9.10 Å². The molecule has 0 atom stereocenters. The highest BCUT2D eigenvalue weighted by molar-refractivity contribution is 7.92. The first-order chi connectivity index (χ1) is 14.4. The van der Waals surface area contributed by atoms with Crippen LogP contribution in [0.25, 0.3) is 0 Å². The lowest BCUT2D eigenvalue weighted by molar-refractivity contribution is 0.102. The van der Waals surface area contributed by atoms with Crippen LogP contribution in [-0.4, -0.2) is 28.2 Å². The number of nitrogens with one attached hydrogen (secondary N) is 1. The number of carbonyl (C=O) groups excluding carboxylic acids is 1. The maximum absolute atomic E-state index is 12.8. The molecule has 7 nitrogen and oxygen atoms in total. The molecule has 0 saturated carbocycles. The van der Waals surface area contributed by atoms with Gasteiger partial charge in [0.15, 0.2) is 11.5 Å². The average Bonchev–Trinajstić information content (AvgIpc) is 3.21. The van der Waals surface area contributed by atoms with Crippen LogP contribution in [0, 0.1) is 0 Å². The smallest absolute Gasteiger partial charge is 0.264 e. The first-order valence-electron chi connectivity index (χ1n) is 8.91. The molecule has 3 aromatic rings. The van der Waals surface area contributed by atoms with E-state index in [4.69, 9.17) is 21.1 Å². The van der Waals surface area contributed by atoms with E-state index in [0.29, 0.717) is 22.9 Å². The lowest BCUT2D eigenvalue weighted by Gasteiger charge is -2.20. The Bertz CT molecular complexity index is 1220. The Morgan fingerprint density at radius 3 is 2.47 bits per heavy atom. The molecule has 0 radical (unpaired) electrons. The van der Waals surface area contributed by atoms with Gasteiger partial charge in [0.25, 0.3) is 15.9 Å². The van der Waals surface area contributed by atoms with E-state index in [2.05, 4.69) is 5.32 Å². The van der Waals surface area contributed by atoms with E-state index in [1.807, 2.05) is 0 Å². The first kappa shape index (κ1) is 20.1. The summed E-state index contributed by atoms with van der Waals surface area (Å²) in [5.41, 5.74) is 1.07. The second-order valence-electron chi connectivity index (χ2n) is 6.47. The summed E-state index contributed by atoms with van der Waals surface area (Å²) in [6.07, 6.45) is 0. The van der Waals surface area contributed by atoms with Crippen molar-refractivity contribution in [3.05, 3.63) is 77.3 Å². The topological polar surface area (TPSA) is 84.9 Å². The number of halogens is 1. The number of anilines is 2. The van der Waals surface area contributed by atoms with Crippen LogP contribution < -0.4 is 19.1 Å². The van der Waals surface area contributed by atoms with Crippen LogP contribution in [0.2, 0.25) is 5.02 Å². The minimum absolute atomic E-state index is 0.126. The van der Waals surface area contributed by atoms with Gasteiger partial charge in [-0.05, 0) is 42.5 Å². The van der Waals surface area contributed by atoms with Crippen molar-refractivity contribution < 1.29 is 22.7 Å². The molecule has 1 aliphatic heterocycles. The number of hydrogen-bond acceptors (Lipinski definition) is 5. The Labute approximate surface area is 178 Å². The Balaban J connectivity index is 1.55. The van der Waals surface area contributed by atoms with Crippen LogP contribution in [0.1, 0.15) is 10.4 Å². The highest BCUT2D eigenvalue weighted by Crippen LogP contribution is 2.34. The summed E-state index contributed by atoms with van der Waals surface area (Å²) in [7, 11) is -2.32. The quantitative estimate of drug-likeness (QED) is 0.639. The zero-order valence-electron chi connectivity index (χ0n) is 15.8. The third-order valence-electron chi connectivity index (χ3n) is 4.59. The molecule has 0 aliphatic carbocycles. The first-order valence-corrected chi connectivity index (χ1v) is 10.7. The summed E-state index contributed by atoms with van der Waals surface area (Å²) in [6, 6.07) is 17.6. The minimum atomic E-state index is -3.75. The molecular formula is C21H17ClN2O5S. The van der Waals surface area contributed by atoms with Gasteiger partial charge in [0, 0.05) is 18.8 Å². The van der Waals surface area contributed by atoms with E-state index >= 15 is 0 Å². The number of rotatable bonds is 5. The van der Waals surface area contributed by atoms with Crippen molar-refractivity contribution in [1.82, 2.24) is 0 Å². The van der Waals surface area contributed by atoms with Crippen molar-refractivity contribution in [1.29, 1.82) is 0 Å². The third-order valence-corrected chi connectivity index (χ3v) is 6.71. The van der Waals surface area contributed by atoms with Gasteiger partial charge < -0.3 is 14.8 Å². The summed E-state index contributed by atoms with van der Waals surface area (Å²) in [5, 5.41) is 2.87. The summed E-state index contributed by atoms with van der Waals surface area (Å²) in [5.74, 6) is 0.721. The van der Waals surface area contributed by atoms with E-state index < -0.39 is 15.9 Å². The van der Waals surface area contributed by atoms with Crippen LogP contribution in [0.4, 0.5) is 11.4 Å². The zero-order chi connectivity index (χ0) is 21.3. The Hall–Kier alpha value is -3.23. The van der Waals surface area contributed by atoms with Crippen LogP contribution in [0.15, 0.2) is 71.6 Å². The molecule has 4 rings (SSSR count). The molecule has 1 aliphatic rings. The number of benzene rings is 3. The summed E-state index contributed by atoms with van der Waals surface area (Å²) in [6.45, 7) is 0.138. The molecule has 1 heterocycles. The number of sulfonamides is 1. The molecule has 0 spiro atoms. The molecule has 154 valence electrons. The fourth-order valence-electron chi connectivity index (χ4n) is 2.95. The lowest BCUT2D eigenvalue weighted by Crippen LogP contribution is -2.26. The number of fused-ring (bicyclic) bond motifs is 1. The Morgan fingerprint density at radius 2 is 1.73 bits per heavy atom. The molecule has 30 heavy (non-hydrogen) atoms. The van der Waals surface area contributed by atoms with Crippen LogP contribution in [0.5, 0.6) is 11.5 Å². The average molecular weight is 445 g/mol. The number of nitrogens with zero attached hydrogens (tertiary/aromatic N) is 1. The second-order valence-corrected chi connectivity index (χ2v) is 8.85. The summed E-state index contributed by atoms with van der Waals surface area (Å²) < 4.78 is 37.2. The highest BCUT2D eigenvalue weighted by Gasteiger charge is 2.22. The monoisotopic (exact) mass is 444 g/mol. The zero-order valence-corrected chi connectivity index (χ0v) is 17.4. The van der Waals surface area contributed by atoms with Gasteiger partial charge >= 0.3 is 0 Å². The van der Waals surface area contributed by atoms with Crippen LogP contribution in [-0.2, 0) is 10.0 Å². The molecule has 0 bridgehead atoms. The summed E-state index contributed by atoms with van der Waals surface area (Å²) >= 11 is 6.30. The van der Waals surface area contributed by atoms with Gasteiger partial charge in [0.05, 0.1) is 21.2 Å². The number of carbonyl (C=O) groups is 1. The van der Waals surface area contributed by atoms with Crippen molar-refractivity contribution in [2.75, 3.05) is 23.5 Å². The Morgan fingerprint density at radius 1 is 1.00 bits per heavy atom. The number of amides is 1. The number of ether oxygens (including phenoxy) is 2. The van der Waals surface area contributed by atoms with Crippen LogP contribution in [0.3, 0.4) is 0 Å². The standard InChI is InChI=1S/C21H17ClN2O5S/c1-24(30(26,27)16-5-3-2-4-6-16)15-8-9-17(18(22)12-15)21(25)23-14-7-10-19-20(11-14)29-13-28-19/h2-12H,13H2,1H3,(H,23,25). The predicted molar refractivity (Wildman–Crippen MR) is 114 cm³/mol. The molecule has 0 saturated heterocycles. The van der Waals surface area contributed by atoms with E-state index in [0.717, 1.165) is 4.31 Å². The van der Waals surface area contributed by atoms with Gasteiger partial charge in [0.1, 0.15) is 0 Å². The second kappa shape index (κ2) is 7.89. The van der Waals surface area contributed by atoms with Crippen LogP contribution >= 0.6 is 11.6 Å². The third kappa shape index (κ3) is 3.79. The van der Waals surface area contributed by atoms with Gasteiger partial charge in [-0.1, -0.05) is 29.8 Å². The number of hydrogen-bond donors (Lipinski definition) is 1. The fourth-order valence-corrected chi connectivity index (χ4v) is 4.42. The fraction of sp³-hybridized carbons (Fsp3) is 0.0952. The molecule has 3 aromatic carbocycles. The molecular weight excluding hydrogens is 428 g/mol. The van der Waals surface area contributed by atoms with E-state index in [1.54, 1.807) is 36.4 Å². The maximum Gasteiger partial charge on any atom is 0.264 e. The van der Waals surface area contributed by atoms with Gasteiger partial charge in [0.2, 0.25) is 6.79 Å². The molecule has 1 N–H and O–H groups in total. The molecule has 0 unspecified atom stereocenters. The van der Waals surface area contributed by atoms with Gasteiger partial charge in [-0.2, -0.15) is 0 Å². The molecule has 1 amide bonds. The molecule has 9 heteroatoms. The van der Waals surface area contributed by atoms with Crippen molar-refractivity contribution in [2.24, 2.45) is 0 Å². The Kier molecular flexibility index (Phi) is 5.27. The van der Waals surface area contributed by atoms with Gasteiger partial charge in [-0.15, -0.1) is 0 Å². The maximum atomic E-state index is 12.8. The predicted octanol–water partition coefficient (Wildman–Crippen LogP) is 4.15. The largest absolute Gasteiger partial charge is 0.454 e. The van der Waals surface area contributed by atoms with Crippen molar-refractivity contribution in [3.63, 3.8) is 0 Å². The van der Waals surface area contributed by atoms with E-state index in [9.17, 15) is 13.2 Å². The summed E-state index contributed by atoms with van der Waals surface area (Å²) in [4.78, 5) is 12.8. The normalized spacial score (nSPS) is 12.5. The minimum Gasteiger partial charge on any atom is -0.454 e. The SMILES string of the molecule is CN(c1ccc(C(=O)Nc2ccc3c(c2)OCO3)c(Cl)c1)S(=O)(=O)c1ccccc1. The molecule has 0 fully saturated rings. The van der Waals surface area contributed by atoms with E-state index in [-0.39, 0.29) is 22.3 Å². The van der Waals surface area contributed by atoms with E-state index in [1.165, 1.54) is 37.4 Å². The highest BCUT2D eigenvalue weighted by atomic mass is 35.5. The van der Waals surface area contributed by atoms with Gasteiger partial charge in [-0.25, -0.2) is 8.42 Å². The molecule has 0 aromatic heterocycles.